The molecule has 2 amide bonds. The SMILES string of the molecule is CCN(CC)C(=O)CCCNC(=O)c1c(C)oc(C)c1C. The van der Waals surface area contributed by atoms with Crippen molar-refractivity contribution in [1.82, 2.24) is 10.2 Å². The number of amides is 2. The monoisotopic (exact) mass is 294 g/mol. The summed E-state index contributed by atoms with van der Waals surface area (Å²) in [6.45, 7) is 11.4. The number of nitrogens with one attached hydrogen (secondary N) is 1. The first kappa shape index (κ1) is 17.3. The second-order valence-corrected chi connectivity index (χ2v) is 5.14. The molecule has 118 valence electrons. The van der Waals surface area contributed by atoms with Crippen LogP contribution in [-0.2, 0) is 4.79 Å². The molecule has 5 nitrogen and oxygen atoms in total. The van der Waals surface area contributed by atoms with Crippen LogP contribution in [-0.4, -0.2) is 36.3 Å². The minimum Gasteiger partial charge on any atom is -0.466 e. The van der Waals surface area contributed by atoms with E-state index in [2.05, 4.69) is 5.32 Å². The number of furan rings is 1. The maximum absolute atomic E-state index is 12.1. The number of hydrogen-bond donors (Lipinski definition) is 1. The van der Waals surface area contributed by atoms with Gasteiger partial charge in [-0.25, -0.2) is 0 Å². The van der Waals surface area contributed by atoms with Gasteiger partial charge in [0, 0.05) is 31.6 Å². The zero-order valence-electron chi connectivity index (χ0n) is 13.7. The van der Waals surface area contributed by atoms with Crippen LogP contribution in [0.25, 0.3) is 0 Å². The standard InChI is InChI=1S/C16H26N2O3/c1-6-18(7-2)14(19)9-8-10-17-16(20)15-11(3)12(4)21-13(15)5/h6-10H2,1-5H3,(H,17,20). The Hall–Kier alpha value is -1.78. The van der Waals surface area contributed by atoms with Gasteiger partial charge in [0.05, 0.1) is 5.56 Å². The van der Waals surface area contributed by atoms with Gasteiger partial charge in [0.25, 0.3) is 5.91 Å². The third kappa shape index (κ3) is 4.34. The fourth-order valence-corrected chi connectivity index (χ4v) is 2.39. The van der Waals surface area contributed by atoms with E-state index in [0.717, 1.165) is 24.4 Å². The molecule has 1 aromatic rings. The van der Waals surface area contributed by atoms with Crippen molar-refractivity contribution in [1.29, 1.82) is 0 Å². The Morgan fingerprint density at radius 2 is 1.71 bits per heavy atom. The molecule has 1 heterocycles. The molecule has 0 aliphatic rings. The van der Waals surface area contributed by atoms with Gasteiger partial charge in [-0.05, 0) is 41.0 Å². The Kier molecular flexibility index (Phi) is 6.46. The first-order chi connectivity index (χ1) is 9.92. The van der Waals surface area contributed by atoms with Gasteiger partial charge in [0.2, 0.25) is 5.91 Å². The number of carbonyl (C=O) groups is 2. The van der Waals surface area contributed by atoms with Gasteiger partial charge in [-0.3, -0.25) is 9.59 Å². The molecule has 0 aliphatic carbocycles. The number of hydrogen-bond acceptors (Lipinski definition) is 3. The van der Waals surface area contributed by atoms with Crippen LogP contribution in [0.3, 0.4) is 0 Å². The van der Waals surface area contributed by atoms with Crippen LogP contribution in [0, 0.1) is 20.8 Å². The van der Waals surface area contributed by atoms with Crippen LogP contribution in [0.5, 0.6) is 0 Å². The molecular formula is C16H26N2O3. The lowest BCUT2D eigenvalue weighted by atomic mass is 10.1. The zero-order valence-corrected chi connectivity index (χ0v) is 13.7. The fraction of sp³-hybridized carbons (Fsp3) is 0.625. The summed E-state index contributed by atoms with van der Waals surface area (Å²) >= 11 is 0. The van der Waals surface area contributed by atoms with Crippen LogP contribution >= 0.6 is 0 Å². The number of rotatable bonds is 7. The number of aryl methyl sites for hydroxylation is 2. The summed E-state index contributed by atoms with van der Waals surface area (Å²) in [5.41, 5.74) is 1.49. The van der Waals surface area contributed by atoms with Gasteiger partial charge in [-0.1, -0.05) is 0 Å². The Labute approximate surface area is 126 Å². The third-order valence-corrected chi connectivity index (χ3v) is 3.76. The van der Waals surface area contributed by atoms with Crippen LogP contribution < -0.4 is 5.32 Å². The second kappa shape index (κ2) is 7.86. The molecule has 0 bridgehead atoms. The first-order valence-electron chi connectivity index (χ1n) is 7.54. The van der Waals surface area contributed by atoms with Crippen LogP contribution in [0.4, 0.5) is 0 Å². The average molecular weight is 294 g/mol. The molecule has 0 aliphatic heterocycles. The third-order valence-electron chi connectivity index (χ3n) is 3.76. The summed E-state index contributed by atoms with van der Waals surface area (Å²) in [5, 5.41) is 2.85. The molecule has 5 heteroatoms. The molecule has 0 spiro atoms. The second-order valence-electron chi connectivity index (χ2n) is 5.14. The van der Waals surface area contributed by atoms with Gasteiger partial charge >= 0.3 is 0 Å². The summed E-state index contributed by atoms with van der Waals surface area (Å²) < 4.78 is 5.45. The quantitative estimate of drug-likeness (QED) is 0.786. The Bertz CT molecular complexity index is 502. The maximum Gasteiger partial charge on any atom is 0.255 e. The van der Waals surface area contributed by atoms with Crippen molar-refractivity contribution < 1.29 is 14.0 Å². The fourth-order valence-electron chi connectivity index (χ4n) is 2.39. The Morgan fingerprint density at radius 1 is 1.10 bits per heavy atom. The summed E-state index contributed by atoms with van der Waals surface area (Å²) in [6, 6.07) is 0. The largest absolute Gasteiger partial charge is 0.466 e. The lowest BCUT2D eigenvalue weighted by Gasteiger charge is -2.18. The van der Waals surface area contributed by atoms with Gasteiger partial charge < -0.3 is 14.6 Å². The molecule has 1 rings (SSSR count). The average Bonchev–Trinajstić information content (AvgIpc) is 2.69. The minimum atomic E-state index is -0.128. The Morgan fingerprint density at radius 3 is 2.19 bits per heavy atom. The van der Waals surface area contributed by atoms with E-state index < -0.39 is 0 Å². The van der Waals surface area contributed by atoms with E-state index in [9.17, 15) is 9.59 Å². The molecule has 21 heavy (non-hydrogen) atoms. The van der Waals surface area contributed by atoms with Crippen molar-refractivity contribution in [3.63, 3.8) is 0 Å². The smallest absolute Gasteiger partial charge is 0.255 e. The van der Waals surface area contributed by atoms with Gasteiger partial charge in [0.15, 0.2) is 0 Å². The van der Waals surface area contributed by atoms with Crippen molar-refractivity contribution in [3.8, 4) is 0 Å². The summed E-state index contributed by atoms with van der Waals surface area (Å²) in [7, 11) is 0. The van der Waals surface area contributed by atoms with Crippen molar-refractivity contribution in [2.45, 2.75) is 47.5 Å². The first-order valence-corrected chi connectivity index (χ1v) is 7.54. The van der Waals surface area contributed by atoms with E-state index in [0.29, 0.717) is 30.7 Å². The lowest BCUT2D eigenvalue weighted by molar-refractivity contribution is -0.130. The maximum atomic E-state index is 12.1. The van der Waals surface area contributed by atoms with E-state index in [1.54, 1.807) is 11.8 Å². The normalized spacial score (nSPS) is 10.5. The predicted octanol–water partition coefficient (Wildman–Crippen LogP) is 2.58. The van der Waals surface area contributed by atoms with Crippen molar-refractivity contribution in [2.75, 3.05) is 19.6 Å². The highest BCUT2D eigenvalue weighted by Crippen LogP contribution is 2.20. The minimum absolute atomic E-state index is 0.128. The summed E-state index contributed by atoms with van der Waals surface area (Å²) in [4.78, 5) is 25.8. The number of nitrogens with zero attached hydrogens (tertiary/aromatic N) is 1. The van der Waals surface area contributed by atoms with E-state index in [-0.39, 0.29) is 11.8 Å². The van der Waals surface area contributed by atoms with Crippen LogP contribution in [0.15, 0.2) is 4.42 Å². The molecule has 0 saturated heterocycles. The van der Waals surface area contributed by atoms with Crippen molar-refractivity contribution in [2.24, 2.45) is 0 Å². The molecular weight excluding hydrogens is 268 g/mol. The van der Waals surface area contributed by atoms with Crippen molar-refractivity contribution in [3.05, 3.63) is 22.6 Å². The molecule has 0 radical (unpaired) electrons. The highest BCUT2D eigenvalue weighted by Gasteiger charge is 2.18. The molecule has 0 unspecified atom stereocenters. The zero-order chi connectivity index (χ0) is 16.0. The van der Waals surface area contributed by atoms with Gasteiger partial charge in [-0.2, -0.15) is 0 Å². The molecule has 0 fully saturated rings. The number of carbonyl (C=O) groups excluding carboxylic acids is 2. The molecule has 0 aromatic carbocycles. The van der Waals surface area contributed by atoms with E-state index in [4.69, 9.17) is 4.42 Å². The highest BCUT2D eigenvalue weighted by atomic mass is 16.3. The van der Waals surface area contributed by atoms with Crippen molar-refractivity contribution >= 4 is 11.8 Å². The summed E-state index contributed by atoms with van der Waals surface area (Å²) in [6.07, 6.45) is 1.11. The lowest BCUT2D eigenvalue weighted by Crippen LogP contribution is -2.31. The molecule has 1 aromatic heterocycles. The highest BCUT2D eigenvalue weighted by molar-refractivity contribution is 5.96. The van der Waals surface area contributed by atoms with Crippen LogP contribution in [0.2, 0.25) is 0 Å². The predicted molar refractivity (Wildman–Crippen MR) is 82.4 cm³/mol. The molecule has 0 atom stereocenters. The van der Waals surface area contributed by atoms with Gasteiger partial charge in [-0.15, -0.1) is 0 Å². The molecule has 1 N–H and O–H groups in total. The van der Waals surface area contributed by atoms with Crippen LogP contribution in [0.1, 0.15) is 54.1 Å². The van der Waals surface area contributed by atoms with E-state index >= 15 is 0 Å². The van der Waals surface area contributed by atoms with Gasteiger partial charge in [0.1, 0.15) is 11.5 Å². The summed E-state index contributed by atoms with van der Waals surface area (Å²) in [5.74, 6) is 1.42. The topological polar surface area (TPSA) is 62.6 Å². The Balaban J connectivity index is 2.43. The van der Waals surface area contributed by atoms with E-state index in [1.807, 2.05) is 27.7 Å². The van der Waals surface area contributed by atoms with E-state index in [1.165, 1.54) is 0 Å². The molecule has 0 saturated carbocycles.